The zero-order chi connectivity index (χ0) is 11.5. The van der Waals surface area contributed by atoms with Crippen LogP contribution in [0.3, 0.4) is 0 Å². The number of benzene rings is 1. The fraction of sp³-hybridized carbons (Fsp3) is 0.0909. The molecule has 82 valence electrons. The van der Waals surface area contributed by atoms with Crippen LogP contribution in [0.5, 0.6) is 0 Å². The van der Waals surface area contributed by atoms with Gasteiger partial charge in [-0.2, -0.15) is 0 Å². The number of rotatable bonds is 3. The van der Waals surface area contributed by atoms with Gasteiger partial charge in [0.05, 0.1) is 11.3 Å². The van der Waals surface area contributed by atoms with Crippen LogP contribution in [0.2, 0.25) is 0 Å². The summed E-state index contributed by atoms with van der Waals surface area (Å²) in [7, 11) is 0. The van der Waals surface area contributed by atoms with E-state index in [9.17, 15) is 4.79 Å². The fourth-order valence-corrected chi connectivity index (χ4v) is 2.91. The molecular weight excluding hydrogens is 290 g/mol. The van der Waals surface area contributed by atoms with Crippen molar-refractivity contribution in [2.24, 2.45) is 0 Å². The predicted molar refractivity (Wildman–Crippen MR) is 66.6 cm³/mol. The SMILES string of the molecule is O=C(O)Cc1sc(-c2ccccc2)nc1Br. The normalized spacial score (nSPS) is 10.3. The topological polar surface area (TPSA) is 50.2 Å². The van der Waals surface area contributed by atoms with Crippen molar-refractivity contribution in [1.82, 2.24) is 4.98 Å². The smallest absolute Gasteiger partial charge is 0.308 e. The summed E-state index contributed by atoms with van der Waals surface area (Å²) < 4.78 is 0.624. The highest BCUT2D eigenvalue weighted by atomic mass is 79.9. The molecule has 3 nitrogen and oxygen atoms in total. The molecule has 0 aliphatic carbocycles. The lowest BCUT2D eigenvalue weighted by Crippen LogP contribution is -1.98. The van der Waals surface area contributed by atoms with Crippen molar-refractivity contribution in [3.63, 3.8) is 0 Å². The molecular formula is C11H8BrNO2S. The zero-order valence-corrected chi connectivity index (χ0v) is 10.6. The summed E-state index contributed by atoms with van der Waals surface area (Å²) in [5.74, 6) is -0.844. The number of carboxylic acids is 1. The lowest BCUT2D eigenvalue weighted by Gasteiger charge is -1.92. The number of aromatic nitrogens is 1. The van der Waals surface area contributed by atoms with E-state index >= 15 is 0 Å². The van der Waals surface area contributed by atoms with Gasteiger partial charge in [-0.3, -0.25) is 4.79 Å². The van der Waals surface area contributed by atoms with Crippen molar-refractivity contribution in [3.8, 4) is 10.6 Å². The Morgan fingerprint density at radius 1 is 1.38 bits per heavy atom. The minimum Gasteiger partial charge on any atom is -0.481 e. The van der Waals surface area contributed by atoms with Gasteiger partial charge in [-0.1, -0.05) is 30.3 Å². The molecule has 1 N–H and O–H groups in total. The van der Waals surface area contributed by atoms with Gasteiger partial charge in [-0.25, -0.2) is 4.98 Å². The molecule has 2 aromatic rings. The van der Waals surface area contributed by atoms with Gasteiger partial charge < -0.3 is 5.11 Å². The lowest BCUT2D eigenvalue weighted by atomic mass is 10.2. The van der Waals surface area contributed by atoms with Crippen LogP contribution in [0.1, 0.15) is 4.88 Å². The molecule has 1 aromatic carbocycles. The Hall–Kier alpha value is -1.20. The van der Waals surface area contributed by atoms with Crippen LogP contribution in [0, 0.1) is 0 Å². The Morgan fingerprint density at radius 2 is 2.06 bits per heavy atom. The first-order valence-corrected chi connectivity index (χ1v) is 6.20. The van der Waals surface area contributed by atoms with E-state index in [-0.39, 0.29) is 6.42 Å². The third kappa shape index (κ3) is 2.48. The third-order valence-corrected chi connectivity index (χ3v) is 4.01. The monoisotopic (exact) mass is 297 g/mol. The maximum Gasteiger partial charge on any atom is 0.308 e. The van der Waals surface area contributed by atoms with Crippen molar-refractivity contribution >= 4 is 33.2 Å². The zero-order valence-electron chi connectivity index (χ0n) is 8.18. The maximum absolute atomic E-state index is 10.6. The summed E-state index contributed by atoms with van der Waals surface area (Å²) in [4.78, 5) is 15.7. The molecule has 0 aliphatic heterocycles. The van der Waals surface area contributed by atoms with E-state index in [0.29, 0.717) is 4.60 Å². The number of thiazole rings is 1. The van der Waals surface area contributed by atoms with Crippen LogP contribution in [0.4, 0.5) is 0 Å². The van der Waals surface area contributed by atoms with Crippen molar-refractivity contribution < 1.29 is 9.90 Å². The Bertz CT molecular complexity index is 510. The van der Waals surface area contributed by atoms with Crippen LogP contribution < -0.4 is 0 Å². The molecule has 16 heavy (non-hydrogen) atoms. The summed E-state index contributed by atoms with van der Waals surface area (Å²) in [6.07, 6.45) is 0.00504. The predicted octanol–water partition coefficient (Wildman–Crippen LogP) is 3.20. The van der Waals surface area contributed by atoms with Gasteiger partial charge in [-0.15, -0.1) is 11.3 Å². The van der Waals surface area contributed by atoms with E-state index in [1.807, 2.05) is 30.3 Å². The molecule has 0 saturated carbocycles. The van der Waals surface area contributed by atoms with Crippen LogP contribution >= 0.6 is 27.3 Å². The number of hydrogen-bond acceptors (Lipinski definition) is 3. The van der Waals surface area contributed by atoms with E-state index in [1.165, 1.54) is 11.3 Å². The van der Waals surface area contributed by atoms with E-state index in [1.54, 1.807) is 0 Å². The lowest BCUT2D eigenvalue weighted by molar-refractivity contribution is -0.136. The molecule has 0 saturated heterocycles. The summed E-state index contributed by atoms with van der Waals surface area (Å²) in [6.45, 7) is 0. The summed E-state index contributed by atoms with van der Waals surface area (Å²) >= 11 is 4.68. The fourth-order valence-electron chi connectivity index (χ4n) is 1.28. The molecule has 1 aromatic heterocycles. The minimum absolute atomic E-state index is 0.00504. The quantitative estimate of drug-likeness (QED) is 0.946. The Balaban J connectivity index is 2.34. The minimum atomic E-state index is -0.844. The first-order chi connectivity index (χ1) is 7.66. The number of hydrogen-bond donors (Lipinski definition) is 1. The highest BCUT2D eigenvalue weighted by Crippen LogP contribution is 2.31. The third-order valence-electron chi connectivity index (χ3n) is 1.98. The standard InChI is InChI=1S/C11H8BrNO2S/c12-10-8(6-9(14)15)16-11(13-10)7-4-2-1-3-5-7/h1-5H,6H2,(H,14,15). The van der Waals surface area contributed by atoms with Gasteiger partial charge >= 0.3 is 5.97 Å². The Labute approximate surface area is 105 Å². The molecule has 5 heteroatoms. The van der Waals surface area contributed by atoms with Crippen LogP contribution in [0.15, 0.2) is 34.9 Å². The van der Waals surface area contributed by atoms with Crippen LogP contribution in [-0.2, 0) is 11.2 Å². The summed E-state index contributed by atoms with van der Waals surface area (Å²) in [5, 5.41) is 9.57. The Morgan fingerprint density at radius 3 is 2.69 bits per heavy atom. The largest absolute Gasteiger partial charge is 0.481 e. The molecule has 2 rings (SSSR count). The van der Waals surface area contributed by atoms with Crippen LogP contribution in [-0.4, -0.2) is 16.1 Å². The van der Waals surface area contributed by atoms with Crippen LogP contribution in [0.25, 0.3) is 10.6 Å². The second-order valence-electron chi connectivity index (χ2n) is 3.17. The van der Waals surface area contributed by atoms with Crippen molar-refractivity contribution in [2.75, 3.05) is 0 Å². The van der Waals surface area contributed by atoms with Gasteiger partial charge in [0.25, 0.3) is 0 Å². The number of aliphatic carboxylic acids is 1. The van der Waals surface area contributed by atoms with E-state index in [2.05, 4.69) is 20.9 Å². The molecule has 0 aliphatic rings. The van der Waals surface area contributed by atoms with E-state index in [0.717, 1.165) is 15.4 Å². The number of carboxylic acid groups (broad SMARTS) is 1. The highest BCUT2D eigenvalue weighted by molar-refractivity contribution is 9.10. The molecule has 0 unspecified atom stereocenters. The second kappa shape index (κ2) is 4.76. The van der Waals surface area contributed by atoms with E-state index in [4.69, 9.17) is 5.11 Å². The van der Waals surface area contributed by atoms with Gasteiger partial charge in [0.15, 0.2) is 0 Å². The average Bonchev–Trinajstić information content (AvgIpc) is 2.61. The Kier molecular flexibility index (Phi) is 3.36. The van der Waals surface area contributed by atoms with Gasteiger partial charge in [0, 0.05) is 5.56 Å². The van der Waals surface area contributed by atoms with Gasteiger partial charge in [0.2, 0.25) is 0 Å². The summed E-state index contributed by atoms with van der Waals surface area (Å²) in [6, 6.07) is 9.71. The molecule has 0 fully saturated rings. The number of nitrogens with zero attached hydrogens (tertiary/aromatic N) is 1. The highest BCUT2D eigenvalue weighted by Gasteiger charge is 2.12. The molecule has 0 atom stereocenters. The van der Waals surface area contributed by atoms with Gasteiger partial charge in [0.1, 0.15) is 9.61 Å². The molecule has 0 radical (unpaired) electrons. The van der Waals surface area contributed by atoms with E-state index < -0.39 is 5.97 Å². The molecule has 1 heterocycles. The number of carbonyl (C=O) groups is 1. The molecule has 0 bridgehead atoms. The molecule has 0 amide bonds. The average molecular weight is 298 g/mol. The van der Waals surface area contributed by atoms with Crippen molar-refractivity contribution in [1.29, 1.82) is 0 Å². The van der Waals surface area contributed by atoms with Crippen molar-refractivity contribution in [3.05, 3.63) is 39.8 Å². The number of halogens is 1. The van der Waals surface area contributed by atoms with Gasteiger partial charge in [-0.05, 0) is 15.9 Å². The first kappa shape index (κ1) is 11.3. The molecule has 0 spiro atoms. The summed E-state index contributed by atoms with van der Waals surface area (Å²) in [5.41, 5.74) is 1.00. The maximum atomic E-state index is 10.6. The van der Waals surface area contributed by atoms with Crippen molar-refractivity contribution in [2.45, 2.75) is 6.42 Å². The second-order valence-corrected chi connectivity index (χ2v) is 5.00. The first-order valence-electron chi connectivity index (χ1n) is 4.59.